The van der Waals surface area contributed by atoms with E-state index in [2.05, 4.69) is 22.4 Å². The summed E-state index contributed by atoms with van der Waals surface area (Å²) in [5.41, 5.74) is 4.50. The van der Waals surface area contributed by atoms with Gasteiger partial charge in [0.2, 0.25) is 0 Å². The van der Waals surface area contributed by atoms with Gasteiger partial charge in [0.25, 0.3) is 0 Å². The zero-order chi connectivity index (χ0) is 18.8. The van der Waals surface area contributed by atoms with Crippen molar-refractivity contribution in [2.75, 3.05) is 13.7 Å². The Hall–Kier alpha value is -2.57. The number of hydrazone groups is 1. The molecular formula is C19H20ClN3O2S. The second-order valence-electron chi connectivity index (χ2n) is 5.16. The van der Waals surface area contributed by atoms with E-state index in [4.69, 9.17) is 33.3 Å². The Kier molecular flexibility index (Phi) is 7.92. The van der Waals surface area contributed by atoms with Gasteiger partial charge in [0.1, 0.15) is 6.61 Å². The first-order valence-corrected chi connectivity index (χ1v) is 8.64. The van der Waals surface area contributed by atoms with Crippen LogP contribution in [-0.4, -0.2) is 25.0 Å². The fourth-order valence-corrected chi connectivity index (χ4v) is 2.31. The maximum Gasteiger partial charge on any atom is 0.187 e. The van der Waals surface area contributed by atoms with Crippen LogP contribution in [0.25, 0.3) is 0 Å². The lowest BCUT2D eigenvalue weighted by molar-refractivity contribution is 0.284. The van der Waals surface area contributed by atoms with Crippen LogP contribution >= 0.6 is 23.8 Å². The molecule has 0 bridgehead atoms. The average Bonchev–Trinajstić information content (AvgIpc) is 2.66. The molecule has 26 heavy (non-hydrogen) atoms. The molecule has 0 aromatic heterocycles. The fraction of sp³-hybridized carbons (Fsp3) is 0.158. The minimum Gasteiger partial charge on any atom is -0.493 e. The zero-order valence-corrected chi connectivity index (χ0v) is 15.9. The first-order chi connectivity index (χ1) is 12.6. The van der Waals surface area contributed by atoms with Gasteiger partial charge in [-0.1, -0.05) is 35.9 Å². The Morgan fingerprint density at radius 2 is 2.04 bits per heavy atom. The van der Waals surface area contributed by atoms with Crippen LogP contribution in [0.3, 0.4) is 0 Å². The molecule has 0 atom stereocenters. The van der Waals surface area contributed by atoms with Crippen LogP contribution in [0.1, 0.15) is 11.1 Å². The second kappa shape index (κ2) is 10.4. The molecule has 2 N–H and O–H groups in total. The number of methoxy groups -OCH3 is 1. The van der Waals surface area contributed by atoms with E-state index in [0.717, 1.165) is 11.1 Å². The van der Waals surface area contributed by atoms with Crippen LogP contribution in [-0.2, 0) is 6.61 Å². The van der Waals surface area contributed by atoms with Gasteiger partial charge in [0, 0.05) is 17.1 Å². The van der Waals surface area contributed by atoms with E-state index < -0.39 is 0 Å². The number of thiocarbonyl (C=S) groups is 1. The van der Waals surface area contributed by atoms with Gasteiger partial charge in [-0.25, -0.2) is 0 Å². The minimum atomic E-state index is 0.380. The average molecular weight is 390 g/mol. The van der Waals surface area contributed by atoms with E-state index in [1.54, 1.807) is 19.4 Å². The molecule has 0 heterocycles. The van der Waals surface area contributed by atoms with Crippen molar-refractivity contribution < 1.29 is 9.47 Å². The van der Waals surface area contributed by atoms with Crippen LogP contribution in [0.2, 0.25) is 5.02 Å². The fourth-order valence-electron chi connectivity index (χ4n) is 2.05. The molecule has 0 fully saturated rings. The number of rotatable bonds is 8. The first-order valence-electron chi connectivity index (χ1n) is 7.86. The number of para-hydroxylation sites is 1. The molecule has 2 aromatic rings. The number of nitrogens with zero attached hydrogens (tertiary/aromatic N) is 1. The summed E-state index contributed by atoms with van der Waals surface area (Å²) < 4.78 is 11.4. The summed E-state index contributed by atoms with van der Waals surface area (Å²) in [6, 6.07) is 13.1. The van der Waals surface area contributed by atoms with E-state index in [9.17, 15) is 0 Å². The molecule has 0 aliphatic rings. The maximum absolute atomic E-state index is 5.96. The van der Waals surface area contributed by atoms with Crippen molar-refractivity contribution in [3.8, 4) is 11.5 Å². The standard InChI is InChI=1S/C19H20ClN3O2S/c1-3-11-21-19(26)23-22-12-15-5-4-6-17(24-2)18(15)25-13-14-7-9-16(20)10-8-14/h3-10,12H,1,11,13H2,2H3,(H2,21,23,26)/b22-12+. The van der Waals surface area contributed by atoms with Gasteiger partial charge < -0.3 is 14.8 Å². The van der Waals surface area contributed by atoms with Crippen LogP contribution in [0.15, 0.2) is 60.2 Å². The predicted molar refractivity (Wildman–Crippen MR) is 110 cm³/mol. The largest absolute Gasteiger partial charge is 0.493 e. The van der Waals surface area contributed by atoms with Crippen molar-refractivity contribution in [3.05, 3.63) is 71.3 Å². The summed E-state index contributed by atoms with van der Waals surface area (Å²) in [4.78, 5) is 0. The van der Waals surface area contributed by atoms with Crippen molar-refractivity contribution in [1.29, 1.82) is 0 Å². The quantitative estimate of drug-likeness (QED) is 0.310. The van der Waals surface area contributed by atoms with Crippen molar-refractivity contribution in [2.24, 2.45) is 5.10 Å². The lowest BCUT2D eigenvalue weighted by atomic mass is 10.2. The number of nitrogens with one attached hydrogen (secondary N) is 2. The third kappa shape index (κ3) is 6.06. The topological polar surface area (TPSA) is 54.9 Å². The Labute approximate surface area is 163 Å². The van der Waals surface area contributed by atoms with Gasteiger partial charge in [-0.15, -0.1) is 6.58 Å². The Bertz CT molecular complexity index is 779. The molecule has 0 radical (unpaired) electrons. The number of benzene rings is 2. The van der Waals surface area contributed by atoms with Gasteiger partial charge in [0.05, 0.1) is 13.3 Å². The number of hydrogen-bond acceptors (Lipinski definition) is 4. The second-order valence-corrected chi connectivity index (χ2v) is 6.01. The lowest BCUT2D eigenvalue weighted by Gasteiger charge is -2.13. The summed E-state index contributed by atoms with van der Waals surface area (Å²) in [5, 5.41) is 8.16. The van der Waals surface area contributed by atoms with Crippen molar-refractivity contribution in [1.82, 2.24) is 10.7 Å². The molecule has 0 aliphatic heterocycles. The van der Waals surface area contributed by atoms with E-state index in [1.807, 2.05) is 42.5 Å². The number of halogens is 1. The van der Waals surface area contributed by atoms with Crippen LogP contribution in [0.4, 0.5) is 0 Å². The van der Waals surface area contributed by atoms with Crippen molar-refractivity contribution >= 4 is 35.1 Å². The SMILES string of the molecule is C=CCNC(=S)N/N=C/c1cccc(OC)c1OCc1ccc(Cl)cc1. The number of ether oxygens (including phenoxy) is 2. The Balaban J connectivity index is 2.09. The molecule has 0 unspecified atom stereocenters. The highest BCUT2D eigenvalue weighted by molar-refractivity contribution is 7.80. The zero-order valence-electron chi connectivity index (χ0n) is 14.4. The third-order valence-corrected chi connectivity index (χ3v) is 3.79. The lowest BCUT2D eigenvalue weighted by Crippen LogP contribution is -2.31. The summed E-state index contributed by atoms with van der Waals surface area (Å²) in [5.74, 6) is 1.22. The highest BCUT2D eigenvalue weighted by atomic mass is 35.5. The van der Waals surface area contributed by atoms with E-state index >= 15 is 0 Å². The number of hydrogen-bond donors (Lipinski definition) is 2. The molecule has 0 aliphatic carbocycles. The first kappa shape index (κ1) is 19.8. The molecule has 0 spiro atoms. The van der Waals surface area contributed by atoms with Gasteiger partial charge in [-0.3, -0.25) is 5.43 Å². The third-order valence-electron chi connectivity index (χ3n) is 3.30. The Morgan fingerprint density at radius 3 is 2.73 bits per heavy atom. The maximum atomic E-state index is 5.96. The van der Waals surface area contributed by atoms with Crippen LogP contribution in [0, 0.1) is 0 Å². The molecule has 5 nitrogen and oxygen atoms in total. The predicted octanol–water partition coefficient (Wildman–Crippen LogP) is 3.91. The Morgan fingerprint density at radius 1 is 1.27 bits per heavy atom. The minimum absolute atomic E-state index is 0.380. The van der Waals surface area contributed by atoms with Crippen LogP contribution in [0.5, 0.6) is 11.5 Å². The van der Waals surface area contributed by atoms with E-state index in [-0.39, 0.29) is 0 Å². The van der Waals surface area contributed by atoms with E-state index in [1.165, 1.54) is 0 Å². The molecule has 2 aromatic carbocycles. The van der Waals surface area contributed by atoms with Gasteiger partial charge in [0.15, 0.2) is 16.6 Å². The van der Waals surface area contributed by atoms with Crippen molar-refractivity contribution in [3.63, 3.8) is 0 Å². The summed E-state index contributed by atoms with van der Waals surface area (Å²) in [6.07, 6.45) is 3.34. The van der Waals surface area contributed by atoms with Gasteiger partial charge in [-0.2, -0.15) is 5.10 Å². The molecule has 136 valence electrons. The molecule has 0 amide bonds. The monoisotopic (exact) mass is 389 g/mol. The highest BCUT2D eigenvalue weighted by Crippen LogP contribution is 2.30. The van der Waals surface area contributed by atoms with Gasteiger partial charge >= 0.3 is 0 Å². The highest BCUT2D eigenvalue weighted by Gasteiger charge is 2.09. The summed E-state index contributed by atoms with van der Waals surface area (Å²) >= 11 is 11.0. The molecule has 7 heteroatoms. The van der Waals surface area contributed by atoms with Crippen molar-refractivity contribution in [2.45, 2.75) is 6.61 Å². The smallest absolute Gasteiger partial charge is 0.187 e. The molecule has 0 saturated carbocycles. The van der Waals surface area contributed by atoms with Gasteiger partial charge in [-0.05, 0) is 42.0 Å². The summed E-state index contributed by atoms with van der Waals surface area (Å²) in [6.45, 7) is 4.56. The van der Waals surface area contributed by atoms with E-state index in [0.29, 0.717) is 34.8 Å². The summed E-state index contributed by atoms with van der Waals surface area (Å²) in [7, 11) is 1.60. The normalized spacial score (nSPS) is 10.4. The van der Waals surface area contributed by atoms with Crippen LogP contribution < -0.4 is 20.2 Å². The molecule has 0 saturated heterocycles. The molecular weight excluding hydrogens is 370 g/mol. The molecule has 2 rings (SSSR count).